The van der Waals surface area contributed by atoms with Crippen LogP contribution in [-0.2, 0) is 31.7 Å². The van der Waals surface area contributed by atoms with E-state index >= 15 is 0 Å². The number of methoxy groups -OCH3 is 1. The Morgan fingerprint density at radius 1 is 1.33 bits per heavy atom. The number of rotatable bonds is 7. The largest absolute Gasteiger partial charge is 0.493 e. The van der Waals surface area contributed by atoms with Gasteiger partial charge < -0.3 is 18.7 Å². The summed E-state index contributed by atoms with van der Waals surface area (Å²) >= 11 is 0. The molecule has 30 heavy (non-hydrogen) atoms. The van der Waals surface area contributed by atoms with Gasteiger partial charge in [0.2, 0.25) is 0 Å². The Morgan fingerprint density at radius 3 is 2.97 bits per heavy atom. The highest BCUT2D eigenvalue weighted by Gasteiger charge is 2.27. The third-order valence-electron chi connectivity index (χ3n) is 4.65. The lowest BCUT2D eigenvalue weighted by Crippen LogP contribution is -2.34. The minimum Gasteiger partial charge on any atom is -0.493 e. The molecule has 2 aliphatic rings. The second-order valence-corrected chi connectivity index (χ2v) is 7.81. The molecule has 3 atom stereocenters. The van der Waals surface area contributed by atoms with Crippen LogP contribution in [0, 0.1) is 0 Å². The highest BCUT2D eigenvalue weighted by Crippen LogP contribution is 2.50. The predicted molar refractivity (Wildman–Crippen MR) is 106 cm³/mol. The van der Waals surface area contributed by atoms with Crippen molar-refractivity contribution in [3.8, 4) is 11.5 Å². The Labute approximate surface area is 174 Å². The lowest BCUT2D eigenvalue weighted by atomic mass is 9.98. The van der Waals surface area contributed by atoms with Crippen molar-refractivity contribution in [1.29, 1.82) is 0 Å². The summed E-state index contributed by atoms with van der Waals surface area (Å²) in [6.07, 6.45) is 2.12. The summed E-state index contributed by atoms with van der Waals surface area (Å²) in [5, 5.41) is 0. The Kier molecular flexibility index (Phi) is 6.55. The summed E-state index contributed by atoms with van der Waals surface area (Å²) < 4.78 is 34.3. The van der Waals surface area contributed by atoms with Gasteiger partial charge in [0, 0.05) is 17.8 Å². The Balaban J connectivity index is 1.33. The van der Waals surface area contributed by atoms with E-state index in [2.05, 4.69) is 4.98 Å². The van der Waals surface area contributed by atoms with Crippen LogP contribution in [0.5, 0.6) is 11.5 Å². The first-order valence-electron chi connectivity index (χ1n) is 9.28. The van der Waals surface area contributed by atoms with Crippen molar-refractivity contribution in [2.75, 3.05) is 13.9 Å². The molecule has 2 aromatic rings. The van der Waals surface area contributed by atoms with E-state index in [0.717, 1.165) is 5.56 Å². The average Bonchev–Trinajstić information content (AvgIpc) is 3.17. The molecule has 4 rings (SSSR count). The molecular weight excluding hydrogens is 414 g/mol. The fourth-order valence-electron chi connectivity index (χ4n) is 3.15. The van der Waals surface area contributed by atoms with E-state index in [1.54, 1.807) is 13.2 Å². The zero-order valence-corrected chi connectivity index (χ0v) is 17.1. The van der Waals surface area contributed by atoms with Crippen molar-refractivity contribution < 1.29 is 27.8 Å². The van der Waals surface area contributed by atoms with Crippen LogP contribution in [0.1, 0.15) is 30.2 Å². The molecule has 0 amide bonds. The third kappa shape index (κ3) is 4.60. The van der Waals surface area contributed by atoms with E-state index in [1.165, 1.54) is 10.8 Å². The van der Waals surface area contributed by atoms with Crippen molar-refractivity contribution in [1.82, 2.24) is 9.55 Å². The molecule has 0 bridgehead atoms. The fraction of sp³-hybridized carbons (Fsp3) is 0.444. The van der Waals surface area contributed by atoms with Crippen LogP contribution in [0.25, 0.3) is 0 Å². The van der Waals surface area contributed by atoms with Gasteiger partial charge in [-0.15, -0.1) is 0 Å². The second-order valence-electron chi connectivity index (χ2n) is 6.66. The van der Waals surface area contributed by atoms with Crippen LogP contribution in [0.2, 0.25) is 0 Å². The number of nitrogens with zero attached hydrogens (tertiary/aromatic N) is 1. The molecule has 0 spiro atoms. The number of ether oxygens (including phenoxy) is 3. The van der Waals surface area contributed by atoms with Crippen molar-refractivity contribution in [3.05, 3.63) is 56.4 Å². The number of H-pyrrole nitrogens is 1. The Morgan fingerprint density at radius 2 is 2.20 bits per heavy atom. The SMILES string of the molecule is [B][C@@H]1CCC(n2cc(COCOP3OCc4cccc(OC)c4O3)c(=O)[nH]c2=O)O1. The minimum atomic E-state index is -1.67. The van der Waals surface area contributed by atoms with E-state index in [-0.39, 0.29) is 19.0 Å². The lowest BCUT2D eigenvalue weighted by Gasteiger charge is -2.24. The molecule has 2 unspecified atom stereocenters. The molecule has 1 saturated heterocycles. The van der Waals surface area contributed by atoms with E-state index in [1.807, 2.05) is 12.1 Å². The molecule has 1 fully saturated rings. The lowest BCUT2D eigenvalue weighted by molar-refractivity contribution is -0.00784. The summed E-state index contributed by atoms with van der Waals surface area (Å²) in [6, 6.07) is 5.09. The standard InChI is InChI=1S/C18H20BN2O8P/c1-24-13-4-2-3-11-9-26-30(29-16(11)13)27-10-25-8-12-7-21(18(23)20-17(12)22)15-6-5-14(19)28-15/h2-4,7,14-15H,5-6,8-10H2,1H3,(H,20,22,23)/t14-,15?,30?/m0/s1. The maximum absolute atomic E-state index is 12.1. The van der Waals surface area contributed by atoms with Gasteiger partial charge in [0.25, 0.3) is 5.56 Å². The molecule has 0 saturated carbocycles. The number of hydrogen-bond acceptors (Lipinski definition) is 8. The van der Waals surface area contributed by atoms with Crippen molar-refractivity contribution in [2.24, 2.45) is 0 Å². The smallest absolute Gasteiger partial charge is 0.399 e. The first-order chi connectivity index (χ1) is 14.5. The molecule has 1 aromatic heterocycles. The second kappa shape index (κ2) is 9.32. The fourth-order valence-corrected chi connectivity index (χ4v) is 4.09. The van der Waals surface area contributed by atoms with Crippen LogP contribution < -0.4 is 20.5 Å². The number of aromatic amines is 1. The summed E-state index contributed by atoms with van der Waals surface area (Å²) in [6.45, 7) is 0.0867. The van der Waals surface area contributed by atoms with Gasteiger partial charge in [0.1, 0.15) is 14.1 Å². The molecule has 2 radical (unpaired) electrons. The Bertz CT molecular complexity index is 998. The zero-order valence-electron chi connectivity index (χ0n) is 16.2. The first-order valence-corrected chi connectivity index (χ1v) is 10.4. The van der Waals surface area contributed by atoms with E-state index in [0.29, 0.717) is 30.9 Å². The van der Waals surface area contributed by atoms with E-state index < -0.39 is 32.1 Å². The molecule has 0 aliphatic carbocycles. The molecule has 1 N–H and O–H groups in total. The molecular formula is C18H20BN2O8P. The number of nitrogens with one attached hydrogen (secondary N) is 1. The van der Waals surface area contributed by atoms with Crippen LogP contribution >= 0.6 is 8.60 Å². The van der Waals surface area contributed by atoms with Gasteiger partial charge in [0.15, 0.2) is 18.3 Å². The predicted octanol–water partition coefficient (Wildman–Crippen LogP) is 1.68. The summed E-state index contributed by atoms with van der Waals surface area (Å²) in [7, 11) is 5.60. The zero-order chi connectivity index (χ0) is 21.1. The molecule has 3 heterocycles. The first kappa shape index (κ1) is 21.1. The normalized spacial score (nSPS) is 23.0. The number of fused-ring (bicyclic) bond motifs is 1. The highest BCUT2D eigenvalue weighted by atomic mass is 31.2. The van der Waals surface area contributed by atoms with Gasteiger partial charge in [0.05, 0.1) is 25.9 Å². The monoisotopic (exact) mass is 434 g/mol. The number of para-hydroxylation sites is 1. The van der Waals surface area contributed by atoms with Crippen LogP contribution in [0.4, 0.5) is 0 Å². The average molecular weight is 434 g/mol. The number of aromatic nitrogens is 2. The van der Waals surface area contributed by atoms with Crippen LogP contribution in [0.15, 0.2) is 34.0 Å². The molecule has 12 heteroatoms. The van der Waals surface area contributed by atoms with Crippen LogP contribution in [0.3, 0.4) is 0 Å². The van der Waals surface area contributed by atoms with Crippen molar-refractivity contribution in [3.63, 3.8) is 0 Å². The number of hydrogen-bond donors (Lipinski definition) is 1. The maximum Gasteiger partial charge on any atom is 0.399 e. The Hall–Kier alpha value is -2.17. The van der Waals surface area contributed by atoms with Crippen molar-refractivity contribution >= 4 is 16.4 Å². The minimum absolute atomic E-state index is 0.0720. The van der Waals surface area contributed by atoms with Gasteiger partial charge in [-0.25, -0.2) is 4.79 Å². The molecule has 2 aliphatic heterocycles. The van der Waals surface area contributed by atoms with Gasteiger partial charge >= 0.3 is 14.3 Å². The third-order valence-corrected chi connectivity index (χ3v) is 5.64. The molecule has 158 valence electrons. The van der Waals surface area contributed by atoms with Gasteiger partial charge in [-0.2, -0.15) is 0 Å². The molecule has 1 aromatic carbocycles. The highest BCUT2D eigenvalue weighted by molar-refractivity contribution is 7.42. The van der Waals surface area contributed by atoms with Gasteiger partial charge in [-0.05, 0) is 18.9 Å². The topological polar surface area (TPSA) is 110 Å². The van der Waals surface area contributed by atoms with Crippen LogP contribution in [-0.4, -0.2) is 37.3 Å². The quantitative estimate of drug-likeness (QED) is 0.304. The number of benzene rings is 1. The van der Waals surface area contributed by atoms with Gasteiger partial charge in [-0.1, -0.05) is 12.1 Å². The summed E-state index contributed by atoms with van der Waals surface area (Å²) in [5.41, 5.74) is 0.0278. The molecule has 10 nitrogen and oxygen atoms in total. The van der Waals surface area contributed by atoms with E-state index in [4.69, 9.17) is 35.6 Å². The van der Waals surface area contributed by atoms with Crippen molar-refractivity contribution in [2.45, 2.75) is 38.3 Å². The summed E-state index contributed by atoms with van der Waals surface area (Å²) in [4.78, 5) is 26.4. The van der Waals surface area contributed by atoms with E-state index in [9.17, 15) is 9.59 Å². The maximum atomic E-state index is 12.1. The van der Waals surface area contributed by atoms with Gasteiger partial charge in [-0.3, -0.25) is 23.4 Å². The summed E-state index contributed by atoms with van der Waals surface area (Å²) in [5.74, 6) is 1.17.